The first-order chi connectivity index (χ1) is 13.3. The molecule has 2 heterocycles. The van der Waals surface area contributed by atoms with Gasteiger partial charge in [-0.2, -0.15) is 10.2 Å². The highest BCUT2D eigenvalue weighted by Crippen LogP contribution is 2.31. The highest BCUT2D eigenvalue weighted by molar-refractivity contribution is 7.98. The topological polar surface area (TPSA) is 88.2 Å². The molecular formula is C19H16N6OS. The van der Waals surface area contributed by atoms with Crippen LogP contribution < -0.4 is 5.43 Å². The molecular weight excluding hydrogens is 360 g/mol. The first-order valence-electron chi connectivity index (χ1n) is 8.17. The Morgan fingerprint density at radius 1 is 1.11 bits per heavy atom. The van der Waals surface area contributed by atoms with E-state index >= 15 is 0 Å². The molecule has 0 fully saturated rings. The largest absolute Gasteiger partial charge is 0.508 e. The summed E-state index contributed by atoms with van der Waals surface area (Å²) < 4.78 is 1.80. The third-order valence-corrected chi connectivity index (χ3v) is 4.55. The smallest absolute Gasteiger partial charge is 0.169 e. The number of anilines is 1. The van der Waals surface area contributed by atoms with Gasteiger partial charge in [0.05, 0.1) is 17.3 Å². The Kier molecular flexibility index (Phi) is 4.71. The number of aromatic nitrogens is 4. The molecule has 0 amide bonds. The van der Waals surface area contributed by atoms with E-state index in [0.717, 1.165) is 21.7 Å². The number of hydrogen-bond donors (Lipinski definition) is 2. The van der Waals surface area contributed by atoms with Crippen LogP contribution in [-0.4, -0.2) is 37.3 Å². The molecule has 0 saturated heterocycles. The number of thioether (sulfide) groups is 1. The van der Waals surface area contributed by atoms with Crippen LogP contribution in [0, 0.1) is 0 Å². The van der Waals surface area contributed by atoms with Crippen LogP contribution in [0.15, 0.2) is 71.1 Å². The van der Waals surface area contributed by atoms with Gasteiger partial charge in [0.2, 0.25) is 0 Å². The van der Waals surface area contributed by atoms with Gasteiger partial charge in [-0.1, -0.05) is 30.3 Å². The van der Waals surface area contributed by atoms with Crippen LogP contribution in [0.2, 0.25) is 0 Å². The quantitative estimate of drug-likeness (QED) is 0.314. The second kappa shape index (κ2) is 7.46. The third kappa shape index (κ3) is 3.47. The molecule has 4 aromatic rings. The van der Waals surface area contributed by atoms with E-state index in [1.807, 2.05) is 42.7 Å². The molecule has 134 valence electrons. The van der Waals surface area contributed by atoms with Crippen LogP contribution in [0.1, 0.15) is 5.56 Å². The summed E-state index contributed by atoms with van der Waals surface area (Å²) in [6.45, 7) is 0. The van der Waals surface area contributed by atoms with Crippen molar-refractivity contribution in [3.8, 4) is 11.4 Å². The fraction of sp³-hybridized carbons (Fsp3) is 0.0526. The molecule has 7 nitrogen and oxygen atoms in total. The van der Waals surface area contributed by atoms with Crippen molar-refractivity contribution in [3.05, 3.63) is 66.5 Å². The van der Waals surface area contributed by atoms with Crippen molar-refractivity contribution in [1.29, 1.82) is 0 Å². The standard InChI is InChI=1S/C19H16N6OS/c1-27-19-16-17(23-22-11-13-6-5-9-15(26)10-13)20-12-21-18(16)25(24-19)14-7-3-2-4-8-14/h2-12,26H,1H3,(H,20,21,23)/b22-11+. The number of hydrogen-bond acceptors (Lipinski definition) is 7. The predicted octanol–water partition coefficient (Wildman–Crippen LogP) is 3.69. The molecule has 0 atom stereocenters. The fourth-order valence-electron chi connectivity index (χ4n) is 2.67. The second-order valence-electron chi connectivity index (χ2n) is 5.64. The van der Waals surface area contributed by atoms with Crippen LogP contribution in [-0.2, 0) is 0 Å². The number of rotatable bonds is 5. The lowest BCUT2D eigenvalue weighted by Gasteiger charge is -2.03. The highest BCUT2D eigenvalue weighted by Gasteiger charge is 2.17. The van der Waals surface area contributed by atoms with E-state index in [0.29, 0.717) is 11.5 Å². The van der Waals surface area contributed by atoms with Gasteiger partial charge in [0.15, 0.2) is 11.5 Å². The number of phenols is 1. The monoisotopic (exact) mass is 376 g/mol. The maximum atomic E-state index is 9.53. The summed E-state index contributed by atoms with van der Waals surface area (Å²) in [5.41, 5.74) is 5.37. The van der Waals surface area contributed by atoms with Crippen LogP contribution in [0.3, 0.4) is 0 Å². The van der Waals surface area contributed by atoms with E-state index in [2.05, 4.69) is 25.6 Å². The molecule has 2 aromatic heterocycles. The number of aromatic hydroxyl groups is 1. The minimum atomic E-state index is 0.192. The van der Waals surface area contributed by atoms with Gasteiger partial charge in [0, 0.05) is 0 Å². The van der Waals surface area contributed by atoms with Gasteiger partial charge in [-0.05, 0) is 36.1 Å². The number of nitrogens with zero attached hydrogens (tertiary/aromatic N) is 5. The lowest BCUT2D eigenvalue weighted by molar-refractivity contribution is 0.475. The highest BCUT2D eigenvalue weighted by atomic mass is 32.2. The lowest BCUT2D eigenvalue weighted by Crippen LogP contribution is -1.99. The van der Waals surface area contributed by atoms with Crippen LogP contribution in [0.4, 0.5) is 5.82 Å². The summed E-state index contributed by atoms with van der Waals surface area (Å²) >= 11 is 1.52. The van der Waals surface area contributed by atoms with E-state index in [9.17, 15) is 5.11 Å². The van der Waals surface area contributed by atoms with Gasteiger partial charge < -0.3 is 5.11 Å². The number of hydrazone groups is 1. The summed E-state index contributed by atoms with van der Waals surface area (Å²) in [5.74, 6) is 0.764. The normalized spacial score (nSPS) is 11.3. The Balaban J connectivity index is 1.72. The van der Waals surface area contributed by atoms with Gasteiger partial charge >= 0.3 is 0 Å². The van der Waals surface area contributed by atoms with Crippen LogP contribution in [0.25, 0.3) is 16.7 Å². The summed E-state index contributed by atoms with van der Waals surface area (Å²) in [7, 11) is 0. The molecule has 0 unspecified atom stereocenters. The zero-order chi connectivity index (χ0) is 18.6. The first-order valence-corrected chi connectivity index (χ1v) is 9.40. The number of phenolic OH excluding ortho intramolecular Hbond substituents is 1. The maximum absolute atomic E-state index is 9.53. The lowest BCUT2D eigenvalue weighted by atomic mass is 10.2. The van der Waals surface area contributed by atoms with E-state index in [4.69, 9.17) is 0 Å². The first kappa shape index (κ1) is 17.0. The van der Waals surface area contributed by atoms with E-state index in [1.54, 1.807) is 29.1 Å². The summed E-state index contributed by atoms with van der Waals surface area (Å²) in [6, 6.07) is 16.7. The molecule has 2 N–H and O–H groups in total. The van der Waals surface area contributed by atoms with E-state index in [-0.39, 0.29) is 5.75 Å². The summed E-state index contributed by atoms with van der Waals surface area (Å²) in [6.07, 6.45) is 5.07. The number of para-hydroxylation sites is 1. The van der Waals surface area contributed by atoms with Gasteiger partial charge in [-0.25, -0.2) is 14.6 Å². The zero-order valence-corrected chi connectivity index (χ0v) is 15.3. The summed E-state index contributed by atoms with van der Waals surface area (Å²) in [4.78, 5) is 8.73. The van der Waals surface area contributed by atoms with Crippen molar-refractivity contribution >= 4 is 34.8 Å². The van der Waals surface area contributed by atoms with Crippen LogP contribution in [0.5, 0.6) is 5.75 Å². The molecule has 0 radical (unpaired) electrons. The van der Waals surface area contributed by atoms with Gasteiger partial charge in [-0.15, -0.1) is 11.8 Å². The minimum absolute atomic E-state index is 0.192. The zero-order valence-electron chi connectivity index (χ0n) is 14.4. The molecule has 0 bridgehead atoms. The Bertz CT molecular complexity index is 1110. The van der Waals surface area contributed by atoms with Crippen molar-refractivity contribution in [2.45, 2.75) is 5.03 Å². The molecule has 8 heteroatoms. The van der Waals surface area contributed by atoms with Crippen molar-refractivity contribution < 1.29 is 5.11 Å². The molecule has 27 heavy (non-hydrogen) atoms. The third-order valence-electron chi connectivity index (χ3n) is 3.88. The van der Waals surface area contributed by atoms with Crippen molar-refractivity contribution in [2.24, 2.45) is 5.10 Å². The van der Waals surface area contributed by atoms with E-state index in [1.165, 1.54) is 18.1 Å². The van der Waals surface area contributed by atoms with Gasteiger partial charge in [0.25, 0.3) is 0 Å². The molecule has 0 spiro atoms. The Morgan fingerprint density at radius 3 is 2.74 bits per heavy atom. The minimum Gasteiger partial charge on any atom is -0.508 e. The number of nitrogens with one attached hydrogen (secondary N) is 1. The maximum Gasteiger partial charge on any atom is 0.169 e. The Morgan fingerprint density at radius 2 is 1.96 bits per heavy atom. The van der Waals surface area contributed by atoms with Crippen molar-refractivity contribution in [2.75, 3.05) is 11.7 Å². The molecule has 2 aromatic carbocycles. The summed E-state index contributed by atoms with van der Waals surface area (Å²) in [5, 5.41) is 20.1. The Hall–Kier alpha value is -3.39. The number of fused-ring (bicyclic) bond motifs is 1. The average molecular weight is 376 g/mol. The fourth-order valence-corrected chi connectivity index (χ4v) is 3.23. The van der Waals surface area contributed by atoms with Gasteiger partial charge in [0.1, 0.15) is 17.1 Å². The molecule has 0 aliphatic carbocycles. The number of benzene rings is 2. The van der Waals surface area contributed by atoms with Gasteiger partial charge in [-0.3, -0.25) is 5.43 Å². The Labute approximate surface area is 159 Å². The van der Waals surface area contributed by atoms with E-state index < -0.39 is 0 Å². The van der Waals surface area contributed by atoms with Crippen molar-refractivity contribution in [3.63, 3.8) is 0 Å². The molecule has 0 saturated carbocycles. The molecule has 0 aliphatic rings. The average Bonchev–Trinajstić information content (AvgIpc) is 3.08. The van der Waals surface area contributed by atoms with Crippen molar-refractivity contribution in [1.82, 2.24) is 19.7 Å². The predicted molar refractivity (Wildman–Crippen MR) is 108 cm³/mol. The molecule has 0 aliphatic heterocycles. The SMILES string of the molecule is CSc1nn(-c2ccccc2)c2ncnc(N/N=C/c3cccc(O)c3)c12. The molecule has 4 rings (SSSR count). The van der Waals surface area contributed by atoms with Crippen LogP contribution >= 0.6 is 11.8 Å². The second-order valence-corrected chi connectivity index (χ2v) is 6.44.